The van der Waals surface area contributed by atoms with E-state index in [9.17, 15) is 19.2 Å². The molecule has 290 valence electrons. The molecule has 1 aliphatic carbocycles. The van der Waals surface area contributed by atoms with E-state index in [1.165, 1.54) is 25.4 Å². The number of nitrogens with zero attached hydrogens (tertiary/aromatic N) is 4. The number of amides is 4. The number of aromatic amines is 2. The minimum atomic E-state index is -0.676. The van der Waals surface area contributed by atoms with Gasteiger partial charge in [0, 0.05) is 13.1 Å². The van der Waals surface area contributed by atoms with Crippen LogP contribution in [0.4, 0.5) is 9.59 Å². The highest BCUT2D eigenvalue weighted by molar-refractivity contribution is 5.87. The summed E-state index contributed by atoms with van der Waals surface area (Å²) in [7, 11) is 2.59. The standard InChI is InChI=1S/C40H54N8O6/c1-23(2)33(45-39(51)53-5)37(49)47-19-7-9-31(47)35-41-21-29(43-35)27-15-11-25(12-16-27)26-13-17-28(18-14-26)30-22-42-36(44-30)32-10-8-20-48(32)38(50)34(24(3)4)46-40(52)54-6/h11-12,15-17,21-24,26,31-34H,7-10,13-14,18-20H2,1-6H3,(H,41,43)(H,42,44)(H,45,51)(H,46,52)/t26?,31-,32-,33-,34-/m0/s1. The molecule has 0 bridgehead atoms. The molecular formula is C40H54N8O6. The molecule has 0 radical (unpaired) electrons. The van der Waals surface area contributed by atoms with E-state index < -0.39 is 24.3 Å². The van der Waals surface area contributed by atoms with E-state index in [4.69, 9.17) is 14.5 Å². The van der Waals surface area contributed by atoms with Crippen molar-refractivity contribution in [3.05, 3.63) is 65.6 Å². The molecule has 3 aromatic rings. The smallest absolute Gasteiger partial charge is 0.407 e. The van der Waals surface area contributed by atoms with Crippen LogP contribution in [0, 0.1) is 11.8 Å². The van der Waals surface area contributed by atoms with Crippen molar-refractivity contribution in [1.82, 2.24) is 40.4 Å². The van der Waals surface area contributed by atoms with Gasteiger partial charge in [-0.3, -0.25) is 9.59 Å². The average molecular weight is 743 g/mol. The molecule has 6 rings (SSSR count). The maximum Gasteiger partial charge on any atom is 0.407 e. The topological polar surface area (TPSA) is 175 Å². The van der Waals surface area contributed by atoms with Crippen LogP contribution in [0.5, 0.6) is 0 Å². The molecule has 0 saturated carbocycles. The fourth-order valence-corrected chi connectivity index (χ4v) is 8.02. The van der Waals surface area contributed by atoms with Gasteiger partial charge in [-0.2, -0.15) is 0 Å². The number of likely N-dealkylation sites (tertiary alicyclic amines) is 2. The molecule has 2 fully saturated rings. The number of carbonyl (C=O) groups is 4. The molecule has 4 amide bonds. The second-order valence-electron chi connectivity index (χ2n) is 15.3. The number of H-pyrrole nitrogens is 2. The number of allylic oxidation sites excluding steroid dienone is 2. The van der Waals surface area contributed by atoms with Crippen LogP contribution in [-0.4, -0.2) is 93.1 Å². The van der Waals surface area contributed by atoms with Gasteiger partial charge in [-0.25, -0.2) is 19.6 Å². The van der Waals surface area contributed by atoms with Crippen LogP contribution in [0.15, 0.2) is 42.7 Å². The predicted octanol–water partition coefficient (Wildman–Crippen LogP) is 6.24. The van der Waals surface area contributed by atoms with Crippen molar-refractivity contribution in [2.24, 2.45) is 11.8 Å². The molecule has 1 aromatic carbocycles. The minimum absolute atomic E-state index is 0.0886. The Morgan fingerprint density at radius 3 is 1.70 bits per heavy atom. The van der Waals surface area contributed by atoms with Gasteiger partial charge in [0.2, 0.25) is 11.8 Å². The zero-order valence-electron chi connectivity index (χ0n) is 32.2. The van der Waals surface area contributed by atoms with Crippen molar-refractivity contribution < 1.29 is 28.7 Å². The van der Waals surface area contributed by atoms with E-state index in [1.54, 1.807) is 0 Å². The highest BCUT2D eigenvalue weighted by Crippen LogP contribution is 2.38. The first-order valence-corrected chi connectivity index (χ1v) is 19.2. The number of nitrogens with one attached hydrogen (secondary N) is 4. The summed E-state index contributed by atoms with van der Waals surface area (Å²) in [6, 6.07) is 6.93. The highest BCUT2D eigenvalue weighted by atomic mass is 16.5. The normalized spacial score (nSPS) is 21.2. The van der Waals surface area contributed by atoms with Gasteiger partial charge in [0.25, 0.3) is 0 Å². The molecule has 2 aliphatic heterocycles. The Hall–Kier alpha value is -5.14. The van der Waals surface area contributed by atoms with Crippen molar-refractivity contribution in [3.63, 3.8) is 0 Å². The molecule has 4 N–H and O–H groups in total. The summed E-state index contributed by atoms with van der Waals surface area (Å²) in [4.78, 5) is 71.0. The SMILES string of the molecule is COC(=O)N[C@H](C(=O)N1CCC[C@H]1c1ncc(C2=CCC(c3ccc(-c4cnc([C@@H]5CCCN5C(=O)[C@@H](NC(=O)OC)C(C)C)[nH]4)cc3)CC2)[nH]1)C(C)C. The minimum Gasteiger partial charge on any atom is -0.453 e. The molecule has 14 nitrogen and oxygen atoms in total. The summed E-state index contributed by atoms with van der Waals surface area (Å²) in [6.07, 6.45) is 10.9. The van der Waals surface area contributed by atoms with Gasteiger partial charge in [0.05, 0.1) is 50.1 Å². The Bertz CT molecular complexity index is 1830. The lowest BCUT2D eigenvalue weighted by molar-refractivity contribution is -0.136. The zero-order valence-corrected chi connectivity index (χ0v) is 32.2. The number of alkyl carbamates (subject to hydrolysis) is 2. The maximum absolute atomic E-state index is 13.5. The van der Waals surface area contributed by atoms with Crippen molar-refractivity contribution in [2.75, 3.05) is 27.3 Å². The molecule has 1 unspecified atom stereocenters. The number of rotatable bonds is 11. The Labute approximate surface area is 316 Å². The molecule has 3 aliphatic rings. The third kappa shape index (κ3) is 8.32. The third-order valence-electron chi connectivity index (χ3n) is 11.1. The van der Waals surface area contributed by atoms with Gasteiger partial charge in [-0.05, 0) is 79.4 Å². The van der Waals surface area contributed by atoms with Gasteiger partial charge in [0.1, 0.15) is 23.7 Å². The van der Waals surface area contributed by atoms with E-state index in [0.717, 1.165) is 73.5 Å². The zero-order chi connectivity index (χ0) is 38.5. The van der Waals surface area contributed by atoms with Gasteiger partial charge >= 0.3 is 12.2 Å². The third-order valence-corrected chi connectivity index (χ3v) is 11.1. The molecule has 4 heterocycles. The van der Waals surface area contributed by atoms with Crippen LogP contribution in [0.25, 0.3) is 16.8 Å². The molecule has 2 saturated heterocycles. The molecular weight excluding hydrogens is 688 g/mol. The largest absolute Gasteiger partial charge is 0.453 e. The van der Waals surface area contributed by atoms with E-state index >= 15 is 0 Å². The number of imidazole rings is 2. The van der Waals surface area contributed by atoms with E-state index in [0.29, 0.717) is 19.0 Å². The quantitative estimate of drug-likeness (QED) is 0.179. The van der Waals surface area contributed by atoms with Crippen LogP contribution < -0.4 is 10.6 Å². The first-order chi connectivity index (χ1) is 26.0. The molecule has 5 atom stereocenters. The Morgan fingerprint density at radius 2 is 1.24 bits per heavy atom. The first kappa shape index (κ1) is 38.6. The van der Waals surface area contributed by atoms with Crippen molar-refractivity contribution in [1.29, 1.82) is 0 Å². The Balaban J connectivity index is 1.07. The summed E-state index contributed by atoms with van der Waals surface area (Å²) in [5.41, 5.74) is 5.42. The summed E-state index contributed by atoms with van der Waals surface area (Å²) in [5.74, 6) is 1.49. The van der Waals surface area contributed by atoms with Crippen molar-refractivity contribution in [2.45, 2.75) is 103 Å². The number of hydrogen-bond acceptors (Lipinski definition) is 8. The molecule has 54 heavy (non-hydrogen) atoms. The Morgan fingerprint density at radius 1 is 0.741 bits per heavy atom. The Kier molecular flexibility index (Phi) is 12.1. The second kappa shape index (κ2) is 16.9. The number of hydrogen-bond donors (Lipinski definition) is 4. The van der Waals surface area contributed by atoms with E-state index in [-0.39, 0.29) is 35.7 Å². The van der Waals surface area contributed by atoms with Crippen LogP contribution in [0.1, 0.15) is 114 Å². The van der Waals surface area contributed by atoms with Gasteiger partial charge < -0.3 is 39.9 Å². The van der Waals surface area contributed by atoms with Crippen molar-refractivity contribution >= 4 is 29.6 Å². The lowest BCUT2D eigenvalue weighted by Crippen LogP contribution is -2.51. The van der Waals surface area contributed by atoms with E-state index in [2.05, 4.69) is 55.9 Å². The van der Waals surface area contributed by atoms with Crippen LogP contribution in [-0.2, 0) is 19.1 Å². The van der Waals surface area contributed by atoms with Crippen LogP contribution in [0.2, 0.25) is 0 Å². The van der Waals surface area contributed by atoms with Crippen LogP contribution in [0.3, 0.4) is 0 Å². The highest BCUT2D eigenvalue weighted by Gasteiger charge is 2.39. The number of benzene rings is 1. The average Bonchev–Trinajstić information content (AvgIpc) is 4.02. The van der Waals surface area contributed by atoms with Gasteiger partial charge in [-0.1, -0.05) is 58.0 Å². The van der Waals surface area contributed by atoms with Gasteiger partial charge in [-0.15, -0.1) is 0 Å². The molecule has 2 aromatic heterocycles. The summed E-state index contributed by atoms with van der Waals surface area (Å²) in [6.45, 7) is 8.86. The first-order valence-electron chi connectivity index (χ1n) is 19.2. The van der Waals surface area contributed by atoms with Crippen LogP contribution >= 0.6 is 0 Å². The summed E-state index contributed by atoms with van der Waals surface area (Å²) >= 11 is 0. The predicted molar refractivity (Wildman–Crippen MR) is 203 cm³/mol. The molecule has 0 spiro atoms. The fraction of sp³-hybridized carbons (Fsp3) is 0.550. The van der Waals surface area contributed by atoms with Crippen molar-refractivity contribution in [3.8, 4) is 11.3 Å². The number of methoxy groups -OCH3 is 2. The lowest BCUT2D eigenvalue weighted by Gasteiger charge is -2.30. The number of aromatic nitrogens is 4. The molecule has 14 heteroatoms. The number of ether oxygens (including phenoxy) is 2. The summed E-state index contributed by atoms with van der Waals surface area (Å²) in [5, 5.41) is 5.41. The fourth-order valence-electron chi connectivity index (χ4n) is 8.02. The number of carbonyl (C=O) groups excluding carboxylic acids is 4. The second-order valence-corrected chi connectivity index (χ2v) is 15.3. The summed E-state index contributed by atoms with van der Waals surface area (Å²) < 4.78 is 9.52. The maximum atomic E-state index is 13.5. The van der Waals surface area contributed by atoms with Gasteiger partial charge in [0.15, 0.2) is 0 Å². The van der Waals surface area contributed by atoms with E-state index in [1.807, 2.05) is 49.9 Å². The lowest BCUT2D eigenvalue weighted by atomic mass is 9.83. The monoisotopic (exact) mass is 742 g/mol.